The second-order valence-corrected chi connectivity index (χ2v) is 5.14. The first-order valence-electron chi connectivity index (χ1n) is 7.19. The van der Waals surface area contributed by atoms with Gasteiger partial charge in [0.2, 0.25) is 0 Å². The highest BCUT2D eigenvalue weighted by molar-refractivity contribution is 5.85. The molecule has 3 aromatic heterocycles. The van der Waals surface area contributed by atoms with Crippen LogP contribution in [-0.2, 0) is 0 Å². The largest absolute Gasteiger partial charge is 0.361 e. The quantitative estimate of drug-likeness (QED) is 0.599. The number of anilines is 1. The Morgan fingerprint density at radius 1 is 1.17 bits per heavy atom. The van der Waals surface area contributed by atoms with Crippen LogP contribution in [0.5, 0.6) is 0 Å². The van der Waals surface area contributed by atoms with Gasteiger partial charge < -0.3 is 5.32 Å². The topological polar surface area (TPSA) is 97.2 Å². The van der Waals surface area contributed by atoms with Crippen LogP contribution in [0.1, 0.15) is 18.7 Å². The van der Waals surface area contributed by atoms with E-state index < -0.39 is 0 Å². The molecule has 0 aliphatic rings. The Labute approximate surface area is 131 Å². The molecule has 4 rings (SSSR count). The van der Waals surface area contributed by atoms with Crippen molar-refractivity contribution in [3.8, 4) is 5.69 Å². The summed E-state index contributed by atoms with van der Waals surface area (Å²) in [6, 6.07) is 9.81. The summed E-state index contributed by atoms with van der Waals surface area (Å²) >= 11 is 0. The van der Waals surface area contributed by atoms with Crippen molar-refractivity contribution in [1.29, 1.82) is 0 Å². The molecule has 0 radical (unpaired) electrons. The summed E-state index contributed by atoms with van der Waals surface area (Å²) in [4.78, 5) is 8.40. The van der Waals surface area contributed by atoms with Crippen LogP contribution in [0.3, 0.4) is 0 Å². The van der Waals surface area contributed by atoms with Crippen molar-refractivity contribution in [2.24, 2.45) is 0 Å². The minimum atomic E-state index is -0.0551. The second kappa shape index (κ2) is 5.48. The van der Waals surface area contributed by atoms with Gasteiger partial charge in [0, 0.05) is 0 Å². The smallest absolute Gasteiger partial charge is 0.160 e. The lowest BCUT2D eigenvalue weighted by molar-refractivity contribution is 0.780. The highest BCUT2D eigenvalue weighted by Crippen LogP contribution is 2.21. The SMILES string of the molecule is CC(Nc1ncnc2[nH]ncc12)c1cn(-c2ccccc2)nn1. The standard InChI is InChI=1S/C15H14N8/c1-10(19-14-12-7-18-21-15(12)17-9-16-14)13-8-23(22-20-13)11-5-3-2-4-6-11/h2-10H,1H3,(H2,16,17,18,19,21). The number of aromatic amines is 1. The fourth-order valence-corrected chi connectivity index (χ4v) is 2.34. The Morgan fingerprint density at radius 3 is 2.91 bits per heavy atom. The van der Waals surface area contributed by atoms with E-state index in [2.05, 4.69) is 35.8 Å². The van der Waals surface area contributed by atoms with E-state index in [1.807, 2.05) is 43.5 Å². The van der Waals surface area contributed by atoms with Crippen LogP contribution in [-0.4, -0.2) is 35.2 Å². The van der Waals surface area contributed by atoms with E-state index in [1.165, 1.54) is 6.33 Å². The van der Waals surface area contributed by atoms with Gasteiger partial charge in [-0.05, 0) is 19.1 Å². The van der Waals surface area contributed by atoms with E-state index in [0.717, 1.165) is 16.8 Å². The van der Waals surface area contributed by atoms with Gasteiger partial charge in [-0.1, -0.05) is 23.4 Å². The third-order valence-electron chi connectivity index (χ3n) is 3.58. The zero-order valence-corrected chi connectivity index (χ0v) is 12.4. The van der Waals surface area contributed by atoms with Crippen LogP contribution >= 0.6 is 0 Å². The number of fused-ring (bicyclic) bond motifs is 1. The van der Waals surface area contributed by atoms with Crippen LogP contribution < -0.4 is 5.32 Å². The zero-order valence-electron chi connectivity index (χ0n) is 12.4. The van der Waals surface area contributed by atoms with Crippen LogP contribution in [0.15, 0.2) is 49.1 Å². The molecule has 0 fully saturated rings. The van der Waals surface area contributed by atoms with Gasteiger partial charge in [-0.2, -0.15) is 5.10 Å². The van der Waals surface area contributed by atoms with Gasteiger partial charge in [-0.3, -0.25) is 5.10 Å². The van der Waals surface area contributed by atoms with Crippen LogP contribution in [0, 0.1) is 0 Å². The Morgan fingerprint density at radius 2 is 2.04 bits per heavy atom. The van der Waals surface area contributed by atoms with Gasteiger partial charge in [0.1, 0.15) is 17.8 Å². The lowest BCUT2D eigenvalue weighted by atomic mass is 10.2. The monoisotopic (exact) mass is 306 g/mol. The maximum atomic E-state index is 4.27. The summed E-state index contributed by atoms with van der Waals surface area (Å²) in [6.07, 6.45) is 5.10. The molecule has 3 heterocycles. The Balaban J connectivity index is 1.59. The maximum absolute atomic E-state index is 4.27. The molecule has 4 aromatic rings. The minimum Gasteiger partial charge on any atom is -0.361 e. The van der Waals surface area contributed by atoms with Gasteiger partial charge in [0.05, 0.1) is 29.5 Å². The molecule has 0 saturated carbocycles. The minimum absolute atomic E-state index is 0.0551. The number of para-hydroxylation sites is 1. The second-order valence-electron chi connectivity index (χ2n) is 5.14. The number of hydrogen-bond donors (Lipinski definition) is 2. The molecular weight excluding hydrogens is 292 g/mol. The fraction of sp³-hybridized carbons (Fsp3) is 0.133. The molecular formula is C15H14N8. The van der Waals surface area contributed by atoms with Crippen molar-refractivity contribution in [1.82, 2.24) is 35.2 Å². The molecule has 0 saturated heterocycles. The van der Waals surface area contributed by atoms with Crippen molar-refractivity contribution in [3.05, 3.63) is 54.7 Å². The Kier molecular flexibility index (Phi) is 3.19. The predicted octanol–water partition coefficient (Wildman–Crippen LogP) is 2.11. The predicted molar refractivity (Wildman–Crippen MR) is 85.1 cm³/mol. The zero-order chi connectivity index (χ0) is 15.6. The van der Waals surface area contributed by atoms with E-state index in [-0.39, 0.29) is 6.04 Å². The van der Waals surface area contributed by atoms with Crippen molar-refractivity contribution in [2.45, 2.75) is 13.0 Å². The molecule has 1 atom stereocenters. The molecule has 1 unspecified atom stereocenters. The average molecular weight is 306 g/mol. The third kappa shape index (κ3) is 2.50. The number of rotatable bonds is 4. The molecule has 0 bridgehead atoms. The maximum Gasteiger partial charge on any atom is 0.160 e. The van der Waals surface area contributed by atoms with Gasteiger partial charge >= 0.3 is 0 Å². The number of H-pyrrole nitrogens is 1. The van der Waals surface area contributed by atoms with Crippen LogP contribution in [0.4, 0.5) is 5.82 Å². The summed E-state index contributed by atoms with van der Waals surface area (Å²) in [5.74, 6) is 0.713. The first kappa shape index (κ1) is 13.4. The molecule has 0 aliphatic carbocycles. The number of nitrogens with zero attached hydrogens (tertiary/aromatic N) is 6. The average Bonchev–Trinajstić information content (AvgIpc) is 3.25. The summed E-state index contributed by atoms with van der Waals surface area (Å²) in [5, 5.41) is 19.4. The van der Waals surface area contributed by atoms with Gasteiger partial charge in [0.25, 0.3) is 0 Å². The van der Waals surface area contributed by atoms with E-state index in [4.69, 9.17) is 0 Å². The molecule has 114 valence electrons. The van der Waals surface area contributed by atoms with Gasteiger partial charge in [0.15, 0.2) is 5.65 Å². The highest BCUT2D eigenvalue weighted by Gasteiger charge is 2.13. The van der Waals surface area contributed by atoms with Crippen molar-refractivity contribution in [3.63, 3.8) is 0 Å². The van der Waals surface area contributed by atoms with Crippen LogP contribution in [0.2, 0.25) is 0 Å². The number of benzene rings is 1. The highest BCUT2D eigenvalue weighted by atomic mass is 15.4. The first-order chi connectivity index (χ1) is 11.3. The molecule has 8 nitrogen and oxygen atoms in total. The lowest BCUT2D eigenvalue weighted by Crippen LogP contribution is -2.08. The molecule has 0 amide bonds. The molecule has 1 aromatic carbocycles. The summed E-state index contributed by atoms with van der Waals surface area (Å²) in [6.45, 7) is 2.01. The van der Waals surface area contributed by atoms with Crippen molar-refractivity contribution >= 4 is 16.9 Å². The third-order valence-corrected chi connectivity index (χ3v) is 3.58. The lowest BCUT2D eigenvalue weighted by Gasteiger charge is -2.11. The van der Waals surface area contributed by atoms with E-state index in [0.29, 0.717) is 11.5 Å². The van der Waals surface area contributed by atoms with E-state index >= 15 is 0 Å². The van der Waals surface area contributed by atoms with Gasteiger partial charge in [-0.25, -0.2) is 14.6 Å². The first-order valence-corrected chi connectivity index (χ1v) is 7.19. The van der Waals surface area contributed by atoms with E-state index in [1.54, 1.807) is 10.9 Å². The van der Waals surface area contributed by atoms with E-state index in [9.17, 15) is 0 Å². The Hall–Kier alpha value is -3.29. The fourth-order valence-electron chi connectivity index (χ4n) is 2.34. The number of aromatic nitrogens is 7. The molecule has 0 aliphatic heterocycles. The molecule has 8 heteroatoms. The normalized spacial score (nSPS) is 12.4. The summed E-state index contributed by atoms with van der Waals surface area (Å²) in [5.41, 5.74) is 2.49. The van der Waals surface area contributed by atoms with Gasteiger partial charge in [-0.15, -0.1) is 5.10 Å². The number of hydrogen-bond acceptors (Lipinski definition) is 6. The van der Waals surface area contributed by atoms with Crippen molar-refractivity contribution in [2.75, 3.05) is 5.32 Å². The molecule has 23 heavy (non-hydrogen) atoms. The van der Waals surface area contributed by atoms with Crippen molar-refractivity contribution < 1.29 is 0 Å². The van der Waals surface area contributed by atoms with Crippen LogP contribution in [0.25, 0.3) is 16.7 Å². The molecule has 2 N–H and O–H groups in total. The Bertz CT molecular complexity index is 927. The summed E-state index contributed by atoms with van der Waals surface area (Å²) in [7, 11) is 0. The number of nitrogens with one attached hydrogen (secondary N) is 2. The summed E-state index contributed by atoms with van der Waals surface area (Å²) < 4.78 is 1.75. The molecule has 0 spiro atoms.